The van der Waals surface area contributed by atoms with E-state index in [0.29, 0.717) is 28.8 Å². The third-order valence-electron chi connectivity index (χ3n) is 4.29. The third-order valence-corrected chi connectivity index (χ3v) is 4.62. The summed E-state index contributed by atoms with van der Waals surface area (Å²) in [5.41, 5.74) is 3.74. The molecule has 0 spiro atoms. The van der Waals surface area contributed by atoms with Crippen LogP contribution in [0.2, 0.25) is 5.02 Å². The van der Waals surface area contributed by atoms with Crippen LogP contribution < -0.4 is 10.6 Å². The lowest BCUT2D eigenvalue weighted by Gasteiger charge is -2.15. The number of benzene rings is 2. The largest absolute Gasteiger partial charge is 0.395 e. The molecular formula is C19H17ClN6O2. The van der Waals surface area contributed by atoms with E-state index in [1.807, 2.05) is 41.0 Å². The first kappa shape index (κ1) is 18.1. The van der Waals surface area contributed by atoms with Gasteiger partial charge in [0, 0.05) is 28.4 Å². The molecule has 0 unspecified atom stereocenters. The van der Waals surface area contributed by atoms with Gasteiger partial charge in [-0.2, -0.15) is 0 Å². The maximum absolute atomic E-state index is 12.0. The van der Waals surface area contributed by atoms with E-state index in [0.717, 1.165) is 16.8 Å². The van der Waals surface area contributed by atoms with Gasteiger partial charge in [0.1, 0.15) is 12.9 Å². The van der Waals surface area contributed by atoms with Crippen LogP contribution in [-0.2, 0) is 6.54 Å². The van der Waals surface area contributed by atoms with Crippen LogP contribution in [0.15, 0.2) is 53.8 Å². The van der Waals surface area contributed by atoms with Gasteiger partial charge >= 0.3 is 6.03 Å². The normalized spacial score (nSPS) is 12.4. The zero-order valence-electron chi connectivity index (χ0n) is 14.8. The minimum atomic E-state index is -0.399. The van der Waals surface area contributed by atoms with Crippen molar-refractivity contribution in [2.75, 3.05) is 18.5 Å². The van der Waals surface area contributed by atoms with Gasteiger partial charge in [0.2, 0.25) is 0 Å². The number of aromatic nitrogens is 3. The minimum Gasteiger partial charge on any atom is -0.395 e. The molecule has 4 rings (SSSR count). The van der Waals surface area contributed by atoms with Crippen molar-refractivity contribution in [3.05, 3.63) is 70.8 Å². The molecule has 3 N–H and O–H groups in total. The lowest BCUT2D eigenvalue weighted by atomic mass is 9.99. The number of rotatable bonds is 4. The molecule has 2 amide bonds. The summed E-state index contributed by atoms with van der Waals surface area (Å²) in [6.45, 7) is 0.402. The first-order valence-corrected chi connectivity index (χ1v) is 9.04. The quantitative estimate of drug-likeness (QED) is 0.629. The van der Waals surface area contributed by atoms with Crippen molar-refractivity contribution in [2.24, 2.45) is 4.99 Å². The van der Waals surface area contributed by atoms with Gasteiger partial charge in [0.05, 0.1) is 18.0 Å². The summed E-state index contributed by atoms with van der Waals surface area (Å²) in [5, 5.41) is 22.9. The molecule has 0 atom stereocenters. The summed E-state index contributed by atoms with van der Waals surface area (Å²) in [7, 11) is 0. The highest BCUT2D eigenvalue weighted by atomic mass is 35.5. The molecule has 0 saturated carbocycles. The highest BCUT2D eigenvalue weighted by Crippen LogP contribution is 2.29. The van der Waals surface area contributed by atoms with E-state index in [-0.39, 0.29) is 13.2 Å². The van der Waals surface area contributed by atoms with E-state index in [2.05, 4.69) is 20.8 Å². The number of halogens is 1. The molecule has 0 fully saturated rings. The van der Waals surface area contributed by atoms with Gasteiger partial charge in [0.15, 0.2) is 5.82 Å². The van der Waals surface area contributed by atoms with Crippen molar-refractivity contribution in [2.45, 2.75) is 6.54 Å². The smallest absolute Gasteiger partial charge is 0.319 e. The molecule has 3 aromatic rings. The summed E-state index contributed by atoms with van der Waals surface area (Å²) in [6.07, 6.45) is 1.64. The molecule has 142 valence electrons. The van der Waals surface area contributed by atoms with E-state index in [1.165, 1.54) is 0 Å². The molecule has 0 aliphatic carbocycles. The molecule has 28 heavy (non-hydrogen) atoms. The predicted octanol–water partition coefficient (Wildman–Crippen LogP) is 2.39. The van der Waals surface area contributed by atoms with Gasteiger partial charge in [0.25, 0.3) is 0 Å². The predicted molar refractivity (Wildman–Crippen MR) is 106 cm³/mol. The fourth-order valence-electron chi connectivity index (χ4n) is 3.04. The van der Waals surface area contributed by atoms with Crippen molar-refractivity contribution in [3.63, 3.8) is 0 Å². The van der Waals surface area contributed by atoms with E-state index >= 15 is 0 Å². The number of carbonyl (C=O) groups is 1. The van der Waals surface area contributed by atoms with Crippen LogP contribution >= 0.6 is 11.6 Å². The Bertz CT molecular complexity index is 1060. The van der Waals surface area contributed by atoms with Gasteiger partial charge in [-0.15, -0.1) is 10.2 Å². The fourth-order valence-corrected chi connectivity index (χ4v) is 3.27. The average molecular weight is 397 g/mol. The Morgan fingerprint density at radius 3 is 2.89 bits per heavy atom. The number of hydrogen-bond donors (Lipinski definition) is 3. The summed E-state index contributed by atoms with van der Waals surface area (Å²) < 4.78 is 1.87. The number of aliphatic hydroxyl groups is 1. The first-order valence-electron chi connectivity index (χ1n) is 8.66. The first-order chi connectivity index (χ1) is 13.7. The number of carbonyl (C=O) groups excluding carboxylic acids is 1. The Balaban J connectivity index is 1.80. The Morgan fingerprint density at radius 1 is 1.21 bits per heavy atom. The van der Waals surface area contributed by atoms with Crippen molar-refractivity contribution >= 4 is 29.0 Å². The molecule has 8 nitrogen and oxygen atoms in total. The van der Waals surface area contributed by atoms with Crippen LogP contribution in [-0.4, -0.2) is 44.8 Å². The number of urea groups is 1. The summed E-state index contributed by atoms with van der Waals surface area (Å²) in [6, 6.07) is 12.6. The fraction of sp³-hybridized carbons (Fsp3) is 0.158. The third kappa shape index (κ3) is 3.47. The molecular weight excluding hydrogens is 380 g/mol. The van der Waals surface area contributed by atoms with Crippen LogP contribution in [0.3, 0.4) is 0 Å². The van der Waals surface area contributed by atoms with Gasteiger partial charge in [-0.25, -0.2) is 4.79 Å². The van der Waals surface area contributed by atoms with Crippen molar-refractivity contribution in [3.8, 4) is 5.69 Å². The molecule has 1 aliphatic rings. The Morgan fingerprint density at radius 2 is 2.07 bits per heavy atom. The number of aliphatic hydroxyl groups excluding tert-OH is 1. The number of aliphatic imine (C=N–C) groups is 1. The number of nitrogens with zero attached hydrogens (tertiary/aromatic N) is 4. The van der Waals surface area contributed by atoms with Crippen molar-refractivity contribution in [1.29, 1.82) is 0 Å². The van der Waals surface area contributed by atoms with Crippen LogP contribution in [0.25, 0.3) is 5.69 Å². The Labute approximate surface area is 165 Å². The number of hydrogen-bond acceptors (Lipinski definition) is 5. The molecule has 0 bridgehead atoms. The number of amides is 2. The lowest BCUT2D eigenvalue weighted by Crippen LogP contribution is -2.31. The molecule has 1 aromatic heterocycles. The maximum Gasteiger partial charge on any atom is 0.319 e. The Hall–Kier alpha value is -3.23. The SMILES string of the molecule is O=C(NCCO)Nc1ccc2c(c1)C(c1ccccc1Cl)=NCc1nncn1-2. The van der Waals surface area contributed by atoms with Gasteiger partial charge in [-0.3, -0.25) is 9.56 Å². The lowest BCUT2D eigenvalue weighted by molar-refractivity contribution is 0.245. The van der Waals surface area contributed by atoms with Crippen molar-refractivity contribution < 1.29 is 9.90 Å². The van der Waals surface area contributed by atoms with Crippen LogP contribution in [0.1, 0.15) is 17.0 Å². The van der Waals surface area contributed by atoms with Crippen LogP contribution in [0.5, 0.6) is 0 Å². The van der Waals surface area contributed by atoms with Crippen LogP contribution in [0, 0.1) is 0 Å². The second kappa shape index (κ2) is 7.79. The zero-order chi connectivity index (χ0) is 19.5. The molecule has 1 aliphatic heterocycles. The minimum absolute atomic E-state index is 0.128. The summed E-state index contributed by atoms with van der Waals surface area (Å²) in [4.78, 5) is 16.7. The second-order valence-corrected chi connectivity index (χ2v) is 6.51. The number of fused-ring (bicyclic) bond motifs is 3. The highest BCUT2D eigenvalue weighted by Gasteiger charge is 2.21. The maximum atomic E-state index is 12.0. The molecule has 2 heterocycles. The number of anilines is 1. The monoisotopic (exact) mass is 396 g/mol. The molecule has 0 saturated heterocycles. The standard InChI is InChI=1S/C19H17ClN6O2/c20-15-4-2-1-3-13(15)18-14-9-12(24-19(28)21-7-8-27)5-6-16(14)26-11-23-25-17(26)10-22-18/h1-6,9,11,27H,7-8,10H2,(H2,21,24,28). The number of nitrogens with one attached hydrogen (secondary N) is 2. The molecule has 0 radical (unpaired) electrons. The van der Waals surface area contributed by atoms with E-state index in [1.54, 1.807) is 12.4 Å². The topological polar surface area (TPSA) is 104 Å². The highest BCUT2D eigenvalue weighted by molar-refractivity contribution is 6.35. The molecule has 2 aromatic carbocycles. The summed E-state index contributed by atoms with van der Waals surface area (Å²) >= 11 is 6.42. The molecule has 9 heteroatoms. The van der Waals surface area contributed by atoms with E-state index in [4.69, 9.17) is 21.7 Å². The van der Waals surface area contributed by atoms with Gasteiger partial charge < -0.3 is 15.7 Å². The zero-order valence-corrected chi connectivity index (χ0v) is 15.5. The van der Waals surface area contributed by atoms with Gasteiger partial charge in [-0.1, -0.05) is 29.8 Å². The van der Waals surface area contributed by atoms with Crippen LogP contribution in [0.4, 0.5) is 10.5 Å². The van der Waals surface area contributed by atoms with E-state index < -0.39 is 6.03 Å². The van der Waals surface area contributed by atoms with E-state index in [9.17, 15) is 4.79 Å². The average Bonchev–Trinajstić information content (AvgIpc) is 3.11. The Kier molecular flexibility index (Phi) is 5.05. The summed E-state index contributed by atoms with van der Waals surface area (Å²) in [5.74, 6) is 0.713. The van der Waals surface area contributed by atoms with Gasteiger partial charge in [-0.05, 0) is 24.3 Å². The second-order valence-electron chi connectivity index (χ2n) is 6.10. The van der Waals surface area contributed by atoms with Crippen molar-refractivity contribution in [1.82, 2.24) is 20.1 Å².